The molecule has 0 radical (unpaired) electrons. The van der Waals surface area contributed by atoms with Gasteiger partial charge >= 0.3 is 5.97 Å². The van der Waals surface area contributed by atoms with E-state index in [1.165, 1.54) is 0 Å². The van der Waals surface area contributed by atoms with Crippen molar-refractivity contribution in [3.8, 4) is 0 Å². The average molecular weight is 273 g/mol. The first kappa shape index (κ1) is 14.2. The zero-order chi connectivity index (χ0) is 14.1. The SMILES string of the molecule is O=C(O)C12CCC(C(=O)NCC(F)CO)(CC1)CC2. The van der Waals surface area contributed by atoms with Crippen LogP contribution in [-0.2, 0) is 9.59 Å². The van der Waals surface area contributed by atoms with Gasteiger partial charge in [0, 0.05) is 5.41 Å². The molecule has 3 fully saturated rings. The van der Waals surface area contributed by atoms with Crippen LogP contribution in [0.2, 0.25) is 0 Å². The number of amides is 1. The molecular formula is C13H20FNO4. The Morgan fingerprint density at radius 1 is 1.11 bits per heavy atom. The maximum atomic E-state index is 12.9. The fraction of sp³-hybridized carbons (Fsp3) is 0.846. The van der Waals surface area contributed by atoms with Crippen LogP contribution in [0.5, 0.6) is 0 Å². The molecule has 0 aromatic carbocycles. The van der Waals surface area contributed by atoms with E-state index in [0.717, 1.165) is 0 Å². The number of hydrogen-bond acceptors (Lipinski definition) is 3. The fourth-order valence-corrected chi connectivity index (χ4v) is 3.30. The van der Waals surface area contributed by atoms with Crippen LogP contribution in [0.15, 0.2) is 0 Å². The molecule has 0 aromatic heterocycles. The summed E-state index contributed by atoms with van der Waals surface area (Å²) in [5.41, 5.74) is -1.16. The third-order valence-electron chi connectivity index (χ3n) is 4.86. The minimum Gasteiger partial charge on any atom is -0.481 e. The van der Waals surface area contributed by atoms with Crippen LogP contribution in [0.1, 0.15) is 38.5 Å². The quantitative estimate of drug-likeness (QED) is 0.693. The molecule has 3 N–H and O–H groups in total. The van der Waals surface area contributed by atoms with Crippen molar-refractivity contribution in [1.82, 2.24) is 5.32 Å². The van der Waals surface area contributed by atoms with Crippen molar-refractivity contribution >= 4 is 11.9 Å². The second-order valence-corrected chi connectivity index (χ2v) is 5.86. The Labute approximate surface area is 111 Å². The van der Waals surface area contributed by atoms with Crippen LogP contribution >= 0.6 is 0 Å². The second-order valence-electron chi connectivity index (χ2n) is 5.86. The summed E-state index contributed by atoms with van der Waals surface area (Å²) in [6.07, 6.45) is 1.80. The maximum Gasteiger partial charge on any atom is 0.309 e. The Kier molecular flexibility index (Phi) is 3.80. The lowest BCUT2D eigenvalue weighted by Gasteiger charge is -2.50. The third kappa shape index (κ3) is 2.45. The van der Waals surface area contributed by atoms with Crippen molar-refractivity contribution in [2.45, 2.75) is 44.7 Å². The summed E-state index contributed by atoms with van der Waals surface area (Å²) in [6, 6.07) is 0. The number of aliphatic carboxylic acids is 1. The molecule has 1 unspecified atom stereocenters. The van der Waals surface area contributed by atoms with Gasteiger partial charge in [0.2, 0.25) is 5.91 Å². The first-order chi connectivity index (χ1) is 8.94. The highest BCUT2D eigenvalue weighted by molar-refractivity contribution is 5.84. The monoisotopic (exact) mass is 273 g/mol. The molecule has 0 saturated heterocycles. The Hall–Kier alpha value is -1.17. The molecule has 3 saturated carbocycles. The van der Waals surface area contributed by atoms with Crippen LogP contribution in [-0.4, -0.2) is 41.4 Å². The number of alkyl halides is 1. The summed E-state index contributed by atoms with van der Waals surface area (Å²) in [7, 11) is 0. The van der Waals surface area contributed by atoms with Gasteiger partial charge in [-0.15, -0.1) is 0 Å². The molecule has 0 aromatic rings. The number of carboxylic acids is 1. The number of aliphatic hydroxyl groups excluding tert-OH is 1. The summed E-state index contributed by atoms with van der Waals surface area (Å²) in [5, 5.41) is 20.4. The van der Waals surface area contributed by atoms with E-state index in [-0.39, 0.29) is 12.5 Å². The third-order valence-corrected chi connectivity index (χ3v) is 4.86. The van der Waals surface area contributed by atoms with Gasteiger partial charge in [0.25, 0.3) is 0 Å². The summed E-state index contributed by atoms with van der Waals surface area (Å²) in [5.74, 6) is -0.951. The Morgan fingerprint density at radius 2 is 1.58 bits per heavy atom. The number of nitrogens with one attached hydrogen (secondary N) is 1. The van der Waals surface area contributed by atoms with Crippen molar-refractivity contribution in [2.75, 3.05) is 13.2 Å². The van der Waals surface area contributed by atoms with Gasteiger partial charge in [-0.2, -0.15) is 0 Å². The van der Waals surface area contributed by atoms with Crippen molar-refractivity contribution in [1.29, 1.82) is 0 Å². The predicted molar refractivity (Wildman–Crippen MR) is 65.2 cm³/mol. The standard InChI is InChI=1S/C13H20FNO4/c14-9(8-16)7-15-10(17)12-1-4-13(5-2-12,6-3-12)11(18)19/h9,16H,1-8H2,(H,15,17)(H,18,19). The zero-order valence-electron chi connectivity index (χ0n) is 10.8. The van der Waals surface area contributed by atoms with Gasteiger partial charge in [-0.3, -0.25) is 9.59 Å². The Bertz CT molecular complexity index is 360. The summed E-state index contributed by atoms with van der Waals surface area (Å²) in [6.45, 7) is -0.781. The van der Waals surface area contributed by atoms with E-state index in [4.69, 9.17) is 5.11 Å². The molecule has 3 rings (SSSR count). The summed E-state index contributed by atoms with van der Waals surface area (Å²) < 4.78 is 12.9. The van der Waals surface area contributed by atoms with E-state index in [2.05, 4.69) is 5.32 Å². The van der Waals surface area contributed by atoms with Crippen LogP contribution in [0.25, 0.3) is 0 Å². The molecule has 0 spiro atoms. The van der Waals surface area contributed by atoms with Crippen LogP contribution in [0, 0.1) is 10.8 Å². The van der Waals surface area contributed by atoms with Crippen LogP contribution in [0.4, 0.5) is 4.39 Å². The van der Waals surface area contributed by atoms with Gasteiger partial charge in [-0.1, -0.05) is 0 Å². The zero-order valence-corrected chi connectivity index (χ0v) is 10.8. The average Bonchev–Trinajstić information content (AvgIpc) is 2.46. The normalized spacial score (nSPS) is 34.8. The lowest BCUT2D eigenvalue weighted by atomic mass is 9.53. The van der Waals surface area contributed by atoms with Gasteiger partial charge in [0.15, 0.2) is 0 Å². The van der Waals surface area contributed by atoms with Crippen molar-refractivity contribution in [2.24, 2.45) is 10.8 Å². The minimum absolute atomic E-state index is 0.179. The summed E-state index contributed by atoms with van der Waals surface area (Å²) in [4.78, 5) is 23.4. The molecule has 108 valence electrons. The van der Waals surface area contributed by atoms with Gasteiger partial charge in [-0.05, 0) is 38.5 Å². The first-order valence-electron chi connectivity index (χ1n) is 6.71. The van der Waals surface area contributed by atoms with Crippen molar-refractivity contribution < 1.29 is 24.2 Å². The molecule has 5 nitrogen and oxygen atoms in total. The van der Waals surface area contributed by atoms with E-state index in [1.807, 2.05) is 0 Å². The van der Waals surface area contributed by atoms with Gasteiger partial charge in [0.1, 0.15) is 6.17 Å². The predicted octanol–water partition coefficient (Wildman–Crippen LogP) is 0.858. The van der Waals surface area contributed by atoms with Gasteiger partial charge < -0.3 is 15.5 Å². The van der Waals surface area contributed by atoms with Crippen LogP contribution < -0.4 is 5.32 Å². The molecule has 3 aliphatic carbocycles. The van der Waals surface area contributed by atoms with E-state index >= 15 is 0 Å². The molecule has 3 aliphatic rings. The largest absolute Gasteiger partial charge is 0.481 e. The van der Waals surface area contributed by atoms with E-state index < -0.39 is 29.6 Å². The lowest BCUT2D eigenvalue weighted by Crippen LogP contribution is -2.53. The molecule has 19 heavy (non-hydrogen) atoms. The number of rotatable bonds is 5. The lowest BCUT2D eigenvalue weighted by molar-refractivity contribution is -0.163. The van der Waals surface area contributed by atoms with Gasteiger partial charge in [0.05, 0.1) is 18.6 Å². The van der Waals surface area contributed by atoms with Crippen molar-refractivity contribution in [3.63, 3.8) is 0 Å². The Morgan fingerprint density at radius 3 is 2.00 bits per heavy atom. The van der Waals surface area contributed by atoms with E-state index in [1.54, 1.807) is 0 Å². The highest BCUT2D eigenvalue weighted by atomic mass is 19.1. The number of carbonyl (C=O) groups is 2. The smallest absolute Gasteiger partial charge is 0.309 e. The molecule has 1 amide bonds. The second kappa shape index (κ2) is 5.07. The Balaban J connectivity index is 1.96. The van der Waals surface area contributed by atoms with Crippen LogP contribution in [0.3, 0.4) is 0 Å². The molecule has 2 bridgehead atoms. The first-order valence-corrected chi connectivity index (χ1v) is 6.71. The molecular weight excluding hydrogens is 253 g/mol. The van der Waals surface area contributed by atoms with Gasteiger partial charge in [-0.25, -0.2) is 4.39 Å². The number of halogens is 1. The number of aliphatic hydroxyl groups is 1. The highest BCUT2D eigenvalue weighted by Gasteiger charge is 2.55. The fourth-order valence-electron chi connectivity index (χ4n) is 3.30. The number of fused-ring (bicyclic) bond motifs is 3. The highest BCUT2D eigenvalue weighted by Crippen LogP contribution is 2.57. The molecule has 0 aliphatic heterocycles. The van der Waals surface area contributed by atoms with E-state index in [0.29, 0.717) is 38.5 Å². The molecule has 1 atom stereocenters. The topological polar surface area (TPSA) is 86.6 Å². The van der Waals surface area contributed by atoms with E-state index in [9.17, 15) is 19.1 Å². The summed E-state index contributed by atoms with van der Waals surface area (Å²) >= 11 is 0. The minimum atomic E-state index is -1.44. The molecule has 0 heterocycles. The maximum absolute atomic E-state index is 12.9. The number of carbonyl (C=O) groups excluding carboxylic acids is 1. The van der Waals surface area contributed by atoms with Crippen molar-refractivity contribution in [3.05, 3.63) is 0 Å². The number of carboxylic acid groups (broad SMARTS) is 1. The molecule has 6 heteroatoms. The number of hydrogen-bond donors (Lipinski definition) is 3.